The zero-order chi connectivity index (χ0) is 15.8. The van der Waals surface area contributed by atoms with Crippen molar-refractivity contribution in [1.82, 2.24) is 10.4 Å². The van der Waals surface area contributed by atoms with E-state index in [0.717, 1.165) is 16.8 Å². The lowest BCUT2D eigenvalue weighted by molar-refractivity contribution is -0.125. The number of benzene rings is 2. The van der Waals surface area contributed by atoms with Gasteiger partial charge in [0, 0.05) is 17.0 Å². The number of hydrogen-bond acceptors (Lipinski definition) is 4. The molecule has 5 nitrogen and oxygen atoms in total. The summed E-state index contributed by atoms with van der Waals surface area (Å²) in [5, 5.41) is 11.2. The van der Waals surface area contributed by atoms with E-state index < -0.39 is 0 Å². The van der Waals surface area contributed by atoms with Gasteiger partial charge in [0.05, 0.1) is 5.71 Å². The molecule has 0 saturated carbocycles. The van der Waals surface area contributed by atoms with Gasteiger partial charge >= 0.3 is 0 Å². The van der Waals surface area contributed by atoms with Crippen LogP contribution in [0.25, 0.3) is 0 Å². The molecule has 23 heavy (non-hydrogen) atoms. The van der Waals surface area contributed by atoms with Crippen LogP contribution < -0.4 is 5.43 Å². The van der Waals surface area contributed by atoms with Gasteiger partial charge in [0.25, 0.3) is 5.91 Å². The Bertz CT molecular complexity index is 814. The van der Waals surface area contributed by atoms with E-state index in [-0.39, 0.29) is 11.9 Å². The monoisotopic (exact) mass is 324 g/mol. The summed E-state index contributed by atoms with van der Waals surface area (Å²) in [5.74, 6) is 0.511. The van der Waals surface area contributed by atoms with Crippen LogP contribution in [-0.4, -0.2) is 28.5 Å². The van der Waals surface area contributed by atoms with Gasteiger partial charge in [-0.1, -0.05) is 54.1 Å². The quantitative estimate of drug-likeness (QED) is 0.923. The van der Waals surface area contributed by atoms with Crippen LogP contribution in [0.3, 0.4) is 0 Å². The number of hydrazone groups is 2. The summed E-state index contributed by atoms with van der Waals surface area (Å²) in [6, 6.07) is 16.8. The topological polar surface area (TPSA) is 57.1 Å². The fourth-order valence-electron chi connectivity index (χ4n) is 2.74. The highest BCUT2D eigenvalue weighted by Gasteiger charge is 2.39. The Morgan fingerprint density at radius 3 is 2.52 bits per heavy atom. The Kier molecular flexibility index (Phi) is 3.35. The van der Waals surface area contributed by atoms with E-state index in [0.29, 0.717) is 17.3 Å². The Morgan fingerprint density at radius 1 is 1.04 bits per heavy atom. The molecule has 0 aliphatic carbocycles. The van der Waals surface area contributed by atoms with Crippen molar-refractivity contribution in [3.63, 3.8) is 0 Å². The van der Waals surface area contributed by atoms with Crippen molar-refractivity contribution in [1.29, 1.82) is 0 Å². The van der Waals surface area contributed by atoms with Crippen molar-refractivity contribution in [3.8, 4) is 0 Å². The molecule has 0 bridgehead atoms. The first-order chi connectivity index (χ1) is 11.2. The minimum absolute atomic E-state index is 0.141. The highest BCUT2D eigenvalue weighted by Crippen LogP contribution is 2.25. The second-order valence-electron chi connectivity index (χ2n) is 5.40. The molecule has 2 aliphatic rings. The maximum absolute atomic E-state index is 12.1. The average molecular weight is 325 g/mol. The molecule has 2 aromatic rings. The molecule has 0 saturated heterocycles. The SMILES string of the molecule is O=C1NN=C(c2ccccc2)N2N=C(c3ccc(Cl)cc3)CC12. The number of nitrogens with one attached hydrogen (secondary N) is 1. The molecule has 0 radical (unpaired) electrons. The van der Waals surface area contributed by atoms with Crippen LogP contribution in [0.2, 0.25) is 5.02 Å². The van der Waals surface area contributed by atoms with Crippen LogP contribution in [0.4, 0.5) is 0 Å². The third-order valence-corrected chi connectivity index (χ3v) is 4.16. The number of carbonyl (C=O) groups is 1. The summed E-state index contributed by atoms with van der Waals surface area (Å²) < 4.78 is 0. The second kappa shape index (κ2) is 5.52. The lowest BCUT2D eigenvalue weighted by Gasteiger charge is -2.27. The molecule has 2 aromatic carbocycles. The predicted molar refractivity (Wildman–Crippen MR) is 89.4 cm³/mol. The molecular weight excluding hydrogens is 312 g/mol. The lowest BCUT2D eigenvalue weighted by Crippen LogP contribution is -2.49. The minimum atomic E-state index is -0.367. The molecule has 1 unspecified atom stereocenters. The molecule has 0 spiro atoms. The van der Waals surface area contributed by atoms with Crippen LogP contribution in [0.15, 0.2) is 64.8 Å². The van der Waals surface area contributed by atoms with Gasteiger partial charge in [-0.25, -0.2) is 10.4 Å². The van der Waals surface area contributed by atoms with E-state index >= 15 is 0 Å². The van der Waals surface area contributed by atoms with Crippen molar-refractivity contribution in [2.45, 2.75) is 12.5 Å². The molecule has 114 valence electrons. The number of amidine groups is 1. The van der Waals surface area contributed by atoms with Gasteiger partial charge in [-0.2, -0.15) is 10.2 Å². The van der Waals surface area contributed by atoms with E-state index in [1.54, 1.807) is 5.01 Å². The number of rotatable bonds is 2. The maximum atomic E-state index is 12.1. The van der Waals surface area contributed by atoms with E-state index in [4.69, 9.17) is 11.6 Å². The van der Waals surface area contributed by atoms with Gasteiger partial charge in [-0.15, -0.1) is 0 Å². The highest BCUT2D eigenvalue weighted by atomic mass is 35.5. The van der Waals surface area contributed by atoms with E-state index in [1.807, 2.05) is 54.6 Å². The molecule has 2 heterocycles. The largest absolute Gasteiger partial charge is 0.271 e. The molecule has 1 atom stereocenters. The third kappa shape index (κ3) is 2.49. The molecule has 4 rings (SSSR count). The molecule has 6 heteroatoms. The molecule has 2 aliphatic heterocycles. The van der Waals surface area contributed by atoms with Crippen LogP contribution >= 0.6 is 11.6 Å². The minimum Gasteiger partial charge on any atom is -0.271 e. The maximum Gasteiger partial charge on any atom is 0.265 e. The van der Waals surface area contributed by atoms with Gasteiger partial charge in [0.1, 0.15) is 6.04 Å². The smallest absolute Gasteiger partial charge is 0.265 e. The molecule has 1 N–H and O–H groups in total. The summed E-state index contributed by atoms with van der Waals surface area (Å²) in [5.41, 5.74) is 5.33. The number of amides is 1. The van der Waals surface area contributed by atoms with Gasteiger partial charge in [0.15, 0.2) is 5.84 Å². The van der Waals surface area contributed by atoms with Gasteiger partial charge in [-0.05, 0) is 17.7 Å². The third-order valence-electron chi connectivity index (χ3n) is 3.91. The summed E-state index contributed by atoms with van der Waals surface area (Å²) in [6.07, 6.45) is 0.541. The standard InChI is InChI=1S/C17H13ClN4O/c18-13-8-6-11(7-9-13)14-10-15-17(23)20-19-16(22(15)21-14)12-4-2-1-3-5-12/h1-9,15H,10H2,(H,20,23). The van der Waals surface area contributed by atoms with Crippen LogP contribution in [0.5, 0.6) is 0 Å². The van der Waals surface area contributed by atoms with Crippen molar-refractivity contribution in [2.24, 2.45) is 10.2 Å². The van der Waals surface area contributed by atoms with E-state index in [2.05, 4.69) is 15.6 Å². The number of carbonyl (C=O) groups excluding carboxylic acids is 1. The second-order valence-corrected chi connectivity index (χ2v) is 5.83. The summed E-state index contributed by atoms with van der Waals surface area (Å²) in [7, 11) is 0. The lowest BCUT2D eigenvalue weighted by atomic mass is 10.0. The molecule has 0 fully saturated rings. The van der Waals surface area contributed by atoms with Gasteiger partial charge in [0.2, 0.25) is 0 Å². The Balaban J connectivity index is 1.72. The molecule has 1 amide bonds. The Labute approximate surface area is 138 Å². The zero-order valence-electron chi connectivity index (χ0n) is 12.1. The molecule has 0 aromatic heterocycles. The van der Waals surface area contributed by atoms with Crippen molar-refractivity contribution >= 4 is 29.1 Å². The number of fused-ring (bicyclic) bond motifs is 1. The van der Waals surface area contributed by atoms with Crippen LogP contribution in [-0.2, 0) is 4.79 Å². The predicted octanol–water partition coefficient (Wildman–Crippen LogP) is 2.61. The van der Waals surface area contributed by atoms with Crippen molar-refractivity contribution in [2.75, 3.05) is 0 Å². The molecular formula is C17H13ClN4O. The van der Waals surface area contributed by atoms with Gasteiger partial charge < -0.3 is 0 Å². The van der Waals surface area contributed by atoms with Crippen molar-refractivity contribution in [3.05, 3.63) is 70.7 Å². The first-order valence-corrected chi connectivity index (χ1v) is 7.66. The highest BCUT2D eigenvalue weighted by molar-refractivity contribution is 6.30. The summed E-state index contributed by atoms with van der Waals surface area (Å²) in [4.78, 5) is 12.1. The Hall–Kier alpha value is -2.66. The Morgan fingerprint density at radius 2 is 1.78 bits per heavy atom. The summed E-state index contributed by atoms with van der Waals surface area (Å²) >= 11 is 5.93. The van der Waals surface area contributed by atoms with E-state index in [1.165, 1.54) is 0 Å². The van der Waals surface area contributed by atoms with Crippen LogP contribution in [0.1, 0.15) is 17.5 Å². The first-order valence-electron chi connectivity index (χ1n) is 7.28. The number of hydrogen-bond donors (Lipinski definition) is 1. The van der Waals surface area contributed by atoms with Gasteiger partial charge in [-0.3, -0.25) is 4.79 Å². The van der Waals surface area contributed by atoms with E-state index in [9.17, 15) is 4.79 Å². The average Bonchev–Trinajstić information content (AvgIpc) is 3.03. The zero-order valence-corrected chi connectivity index (χ0v) is 12.9. The summed E-state index contributed by atoms with van der Waals surface area (Å²) in [6.45, 7) is 0. The number of halogens is 1. The first kappa shape index (κ1) is 14.0. The fourth-order valence-corrected chi connectivity index (χ4v) is 2.87. The normalized spacial score (nSPS) is 19.8. The number of nitrogens with zero attached hydrogens (tertiary/aromatic N) is 3. The van der Waals surface area contributed by atoms with Crippen LogP contribution in [0, 0.1) is 0 Å². The van der Waals surface area contributed by atoms with Crippen molar-refractivity contribution < 1.29 is 4.79 Å². The fraction of sp³-hybridized carbons (Fsp3) is 0.118.